The molecule has 1 aromatic carbocycles. The third-order valence-corrected chi connectivity index (χ3v) is 5.32. The van der Waals surface area contributed by atoms with Crippen LogP contribution in [0.15, 0.2) is 67.1 Å². The first-order chi connectivity index (χ1) is 13.7. The Hall–Kier alpha value is -3.12. The number of rotatable bonds is 4. The summed E-state index contributed by atoms with van der Waals surface area (Å²) < 4.78 is 15.0. The minimum Gasteiger partial charge on any atom is -0.298 e. The number of benzene rings is 1. The maximum Gasteiger partial charge on any atom is 0.156 e. The van der Waals surface area contributed by atoms with Gasteiger partial charge in [-0.05, 0) is 60.5 Å². The summed E-state index contributed by atoms with van der Waals surface area (Å²) in [5.74, 6) is 1.03. The summed E-state index contributed by atoms with van der Waals surface area (Å²) in [4.78, 5) is 11.2. The number of fused-ring (bicyclic) bond motifs is 1. The lowest BCUT2D eigenvalue weighted by atomic mass is 10.1. The second-order valence-corrected chi connectivity index (χ2v) is 7.27. The van der Waals surface area contributed by atoms with Crippen LogP contribution < -0.4 is 0 Å². The fraction of sp³-hybridized carbons (Fsp3) is 0.227. The van der Waals surface area contributed by atoms with E-state index in [1.54, 1.807) is 12.4 Å². The summed E-state index contributed by atoms with van der Waals surface area (Å²) >= 11 is 0. The van der Waals surface area contributed by atoms with Crippen molar-refractivity contribution in [1.82, 2.24) is 24.5 Å². The van der Waals surface area contributed by atoms with Crippen LogP contribution in [-0.4, -0.2) is 37.6 Å². The van der Waals surface area contributed by atoms with E-state index in [9.17, 15) is 4.39 Å². The number of nitrogens with zero attached hydrogens (tertiary/aromatic N) is 5. The molecule has 0 spiro atoms. The van der Waals surface area contributed by atoms with Gasteiger partial charge in [-0.2, -0.15) is 5.10 Å². The third kappa shape index (κ3) is 3.39. The van der Waals surface area contributed by atoms with E-state index >= 15 is 0 Å². The van der Waals surface area contributed by atoms with Crippen LogP contribution >= 0.6 is 0 Å². The topological polar surface area (TPSA) is 46.3 Å². The Kier molecular flexibility index (Phi) is 4.33. The van der Waals surface area contributed by atoms with Crippen LogP contribution in [0.25, 0.3) is 16.8 Å². The molecule has 1 aliphatic rings. The molecule has 1 aliphatic heterocycles. The fourth-order valence-electron chi connectivity index (χ4n) is 3.82. The molecular weight excluding hydrogens is 353 g/mol. The minimum absolute atomic E-state index is 0.192. The Bertz CT molecular complexity index is 1090. The molecule has 0 bridgehead atoms. The van der Waals surface area contributed by atoms with Gasteiger partial charge in [0.25, 0.3) is 0 Å². The summed E-state index contributed by atoms with van der Waals surface area (Å²) in [6.07, 6.45) is 6.64. The van der Waals surface area contributed by atoms with E-state index in [1.807, 2.05) is 41.0 Å². The predicted molar refractivity (Wildman–Crippen MR) is 105 cm³/mol. The van der Waals surface area contributed by atoms with Gasteiger partial charge in [-0.3, -0.25) is 9.88 Å². The summed E-state index contributed by atoms with van der Waals surface area (Å²) in [6.45, 7) is 2.75. The lowest BCUT2D eigenvalue weighted by molar-refractivity contribution is 0.325. The first-order valence-corrected chi connectivity index (χ1v) is 9.48. The first-order valence-electron chi connectivity index (χ1n) is 9.48. The summed E-state index contributed by atoms with van der Waals surface area (Å²) in [7, 11) is 0. The van der Waals surface area contributed by atoms with Crippen molar-refractivity contribution in [3.05, 3.63) is 84.3 Å². The third-order valence-electron chi connectivity index (χ3n) is 5.32. The summed E-state index contributed by atoms with van der Waals surface area (Å²) in [5, 5.41) is 4.75. The van der Waals surface area contributed by atoms with Crippen LogP contribution in [0, 0.1) is 5.82 Å². The van der Waals surface area contributed by atoms with Crippen molar-refractivity contribution < 1.29 is 4.39 Å². The highest BCUT2D eigenvalue weighted by atomic mass is 19.1. The van der Waals surface area contributed by atoms with Crippen molar-refractivity contribution in [1.29, 1.82) is 0 Å². The molecule has 3 aromatic heterocycles. The molecule has 0 aliphatic carbocycles. The first kappa shape index (κ1) is 17.0. The van der Waals surface area contributed by atoms with Crippen molar-refractivity contribution in [2.75, 3.05) is 13.1 Å². The zero-order chi connectivity index (χ0) is 18.9. The summed E-state index contributed by atoms with van der Waals surface area (Å²) in [6, 6.07) is 14.8. The molecule has 4 heterocycles. The zero-order valence-electron chi connectivity index (χ0n) is 15.4. The Morgan fingerprint density at radius 2 is 1.79 bits per heavy atom. The number of pyridine rings is 2. The molecule has 5 nitrogen and oxygen atoms in total. The predicted octanol–water partition coefficient (Wildman–Crippen LogP) is 3.92. The molecule has 1 fully saturated rings. The lowest BCUT2D eigenvalue weighted by Crippen LogP contribution is -2.20. The van der Waals surface area contributed by atoms with E-state index in [1.165, 1.54) is 12.1 Å². The highest BCUT2D eigenvalue weighted by Gasteiger charge is 2.27. The Morgan fingerprint density at radius 3 is 2.61 bits per heavy atom. The highest BCUT2D eigenvalue weighted by Crippen LogP contribution is 2.27. The smallest absolute Gasteiger partial charge is 0.156 e. The van der Waals surface area contributed by atoms with Gasteiger partial charge in [0, 0.05) is 43.2 Å². The number of likely N-dealkylation sites (tertiary alicyclic amines) is 1. The van der Waals surface area contributed by atoms with E-state index in [0.717, 1.165) is 54.2 Å². The Labute approximate surface area is 162 Å². The van der Waals surface area contributed by atoms with Crippen molar-refractivity contribution in [2.45, 2.75) is 18.9 Å². The van der Waals surface area contributed by atoms with E-state index in [0.29, 0.717) is 5.92 Å². The summed E-state index contributed by atoms with van der Waals surface area (Å²) in [5.41, 5.74) is 4.20. The van der Waals surface area contributed by atoms with Gasteiger partial charge in [-0.15, -0.1) is 0 Å². The van der Waals surface area contributed by atoms with Crippen LogP contribution in [0.1, 0.15) is 23.7 Å². The van der Waals surface area contributed by atoms with Crippen LogP contribution in [0.2, 0.25) is 0 Å². The van der Waals surface area contributed by atoms with Crippen LogP contribution in [0.3, 0.4) is 0 Å². The largest absolute Gasteiger partial charge is 0.298 e. The van der Waals surface area contributed by atoms with Crippen LogP contribution in [0.5, 0.6) is 0 Å². The second-order valence-electron chi connectivity index (χ2n) is 7.27. The van der Waals surface area contributed by atoms with Crippen molar-refractivity contribution in [3.63, 3.8) is 0 Å². The Balaban J connectivity index is 1.33. The lowest BCUT2D eigenvalue weighted by Gasteiger charge is -2.15. The van der Waals surface area contributed by atoms with Gasteiger partial charge in [0.2, 0.25) is 0 Å². The molecule has 1 saturated heterocycles. The van der Waals surface area contributed by atoms with Crippen LogP contribution in [0.4, 0.5) is 4.39 Å². The van der Waals surface area contributed by atoms with Gasteiger partial charge in [0.15, 0.2) is 11.5 Å². The van der Waals surface area contributed by atoms with E-state index in [-0.39, 0.29) is 5.82 Å². The fourth-order valence-corrected chi connectivity index (χ4v) is 3.82. The zero-order valence-corrected chi connectivity index (χ0v) is 15.4. The average Bonchev–Trinajstić information content (AvgIpc) is 3.36. The van der Waals surface area contributed by atoms with Gasteiger partial charge < -0.3 is 0 Å². The molecule has 4 aromatic rings. The molecule has 28 heavy (non-hydrogen) atoms. The number of hydrogen-bond acceptors (Lipinski definition) is 4. The van der Waals surface area contributed by atoms with E-state index in [4.69, 9.17) is 10.1 Å². The molecule has 0 amide bonds. The second kappa shape index (κ2) is 7.13. The van der Waals surface area contributed by atoms with Crippen LogP contribution in [-0.2, 0) is 6.54 Å². The standard InChI is InChI=1S/C22H20FN5/c23-20-4-1-16(2-5-20)13-27-12-9-19(14-27)22-25-21-6-3-18(15-28(21)26-22)17-7-10-24-11-8-17/h1-8,10-11,15,19H,9,12-14H2/t19-/m1/s1. The van der Waals surface area contributed by atoms with E-state index < -0.39 is 0 Å². The molecule has 0 N–H and O–H groups in total. The molecular formula is C22H20FN5. The quantitative estimate of drug-likeness (QED) is 0.544. The highest BCUT2D eigenvalue weighted by molar-refractivity contribution is 5.63. The molecule has 1 atom stereocenters. The number of aromatic nitrogens is 4. The molecule has 6 heteroatoms. The van der Waals surface area contributed by atoms with Gasteiger partial charge in [-0.25, -0.2) is 13.9 Å². The van der Waals surface area contributed by atoms with Gasteiger partial charge >= 0.3 is 0 Å². The number of halogens is 1. The molecule has 140 valence electrons. The van der Waals surface area contributed by atoms with E-state index in [2.05, 4.69) is 16.0 Å². The monoisotopic (exact) mass is 373 g/mol. The van der Waals surface area contributed by atoms with Gasteiger partial charge in [-0.1, -0.05) is 12.1 Å². The number of hydrogen-bond donors (Lipinski definition) is 0. The maximum absolute atomic E-state index is 13.1. The average molecular weight is 373 g/mol. The Morgan fingerprint density at radius 1 is 0.964 bits per heavy atom. The molecule has 0 saturated carbocycles. The normalized spacial score (nSPS) is 17.4. The molecule has 5 rings (SSSR count). The van der Waals surface area contributed by atoms with Crippen molar-refractivity contribution in [3.8, 4) is 11.1 Å². The van der Waals surface area contributed by atoms with Gasteiger partial charge in [0.05, 0.1) is 0 Å². The van der Waals surface area contributed by atoms with Gasteiger partial charge in [0.1, 0.15) is 5.82 Å². The minimum atomic E-state index is -0.192. The SMILES string of the molecule is Fc1ccc(CN2CC[C@@H](c3nc4ccc(-c5ccncc5)cn4n3)C2)cc1. The van der Waals surface area contributed by atoms with Crippen molar-refractivity contribution in [2.24, 2.45) is 0 Å². The van der Waals surface area contributed by atoms with Crippen molar-refractivity contribution >= 4 is 5.65 Å². The maximum atomic E-state index is 13.1. The molecule has 0 radical (unpaired) electrons. The molecule has 0 unspecified atom stereocenters.